The maximum Gasteiger partial charge on any atom is 0.337 e. The molecule has 0 N–H and O–H groups in total. The number of esters is 1. The van der Waals surface area contributed by atoms with E-state index < -0.39 is 18.0 Å². The molecule has 7 heteroatoms. The molecule has 0 aliphatic carbocycles. The molecule has 12 heavy (non-hydrogen) atoms. The zero-order valence-corrected chi connectivity index (χ0v) is 5.97. The Kier molecular flexibility index (Phi) is 2.62. The predicted molar refractivity (Wildman–Crippen MR) is 34.6 cm³/mol. The lowest BCUT2D eigenvalue weighted by Gasteiger charge is -1.98. The summed E-state index contributed by atoms with van der Waals surface area (Å²) in [6.45, 7) is -0.146. The van der Waals surface area contributed by atoms with Gasteiger partial charge in [-0.1, -0.05) is 0 Å². The molecule has 64 valence electrons. The Balaban J connectivity index is 2.45. The maximum absolute atomic E-state index is 10.7. The van der Waals surface area contributed by atoms with Crippen LogP contribution in [0.15, 0.2) is 5.11 Å². The molecule has 0 spiro atoms. The Bertz CT molecular complexity index is 257. The van der Waals surface area contributed by atoms with Crippen LogP contribution in [0.5, 0.6) is 0 Å². The van der Waals surface area contributed by atoms with E-state index >= 15 is 0 Å². The van der Waals surface area contributed by atoms with Gasteiger partial charge >= 0.3 is 5.97 Å². The minimum atomic E-state index is -0.914. The molecular formula is C5H5N3O4. The van der Waals surface area contributed by atoms with Gasteiger partial charge in [-0.15, -0.1) is 0 Å². The van der Waals surface area contributed by atoms with Gasteiger partial charge in [0.2, 0.25) is 5.91 Å². The minimum absolute atomic E-state index is 0.146. The van der Waals surface area contributed by atoms with E-state index in [1.165, 1.54) is 0 Å². The molecule has 7 nitrogen and oxygen atoms in total. The van der Waals surface area contributed by atoms with Gasteiger partial charge in [0.25, 0.3) is 0 Å². The highest BCUT2D eigenvalue weighted by Gasteiger charge is 2.29. The topological polar surface area (TPSA) is 101 Å². The molecule has 0 bridgehead atoms. The average molecular weight is 171 g/mol. The smallest absolute Gasteiger partial charge is 0.337 e. The molecule has 1 atom stereocenters. The van der Waals surface area contributed by atoms with Crippen molar-refractivity contribution in [3.63, 3.8) is 0 Å². The standard InChI is InChI=1S/C5H5N3O4/c6-8-7-4(9)1-3-5(10)12-2-11-3/h3H,1-2H2. The number of amides is 1. The number of carbonyl (C=O) groups is 2. The first-order valence-electron chi connectivity index (χ1n) is 3.10. The van der Waals surface area contributed by atoms with E-state index in [-0.39, 0.29) is 13.2 Å². The lowest BCUT2D eigenvalue weighted by molar-refractivity contribution is -0.140. The summed E-state index contributed by atoms with van der Waals surface area (Å²) in [6, 6.07) is 0. The van der Waals surface area contributed by atoms with Gasteiger partial charge in [-0.25, -0.2) is 4.79 Å². The highest BCUT2D eigenvalue weighted by molar-refractivity contribution is 5.85. The Morgan fingerprint density at radius 2 is 2.58 bits per heavy atom. The third kappa shape index (κ3) is 1.94. The zero-order chi connectivity index (χ0) is 8.97. The molecular weight excluding hydrogens is 166 g/mol. The number of hydrogen-bond donors (Lipinski definition) is 0. The van der Waals surface area contributed by atoms with Crippen molar-refractivity contribution in [3.05, 3.63) is 10.4 Å². The number of cyclic esters (lactones) is 1. The van der Waals surface area contributed by atoms with Gasteiger partial charge in [0.1, 0.15) is 0 Å². The fraction of sp³-hybridized carbons (Fsp3) is 0.600. The normalized spacial score (nSPS) is 21.3. The molecule has 1 amide bonds. The van der Waals surface area contributed by atoms with Crippen molar-refractivity contribution < 1.29 is 19.1 Å². The molecule has 0 saturated carbocycles. The Morgan fingerprint density at radius 3 is 3.08 bits per heavy atom. The summed E-state index contributed by atoms with van der Waals surface area (Å²) in [7, 11) is 0. The van der Waals surface area contributed by atoms with Crippen molar-refractivity contribution >= 4 is 11.9 Å². The largest absolute Gasteiger partial charge is 0.437 e. The van der Waals surface area contributed by atoms with Gasteiger partial charge in [0.15, 0.2) is 12.9 Å². The molecule has 1 saturated heterocycles. The molecule has 1 unspecified atom stereocenters. The first-order chi connectivity index (χ1) is 5.74. The van der Waals surface area contributed by atoms with Gasteiger partial charge in [0, 0.05) is 4.91 Å². The first-order valence-corrected chi connectivity index (χ1v) is 3.10. The second kappa shape index (κ2) is 3.70. The number of rotatable bonds is 2. The number of ether oxygens (including phenoxy) is 2. The predicted octanol–water partition coefficient (Wildman–Crippen LogP) is 0.113. The summed E-state index contributed by atoms with van der Waals surface area (Å²) in [5, 5.41) is 2.78. The van der Waals surface area contributed by atoms with Crippen LogP contribution in [0.25, 0.3) is 10.4 Å². The van der Waals surface area contributed by atoms with Gasteiger partial charge in [-0.3, -0.25) is 4.79 Å². The Labute approximate surface area is 66.9 Å². The van der Waals surface area contributed by atoms with Crippen molar-refractivity contribution in [1.82, 2.24) is 0 Å². The second-order valence-electron chi connectivity index (χ2n) is 2.02. The molecule has 1 aliphatic heterocycles. The minimum Gasteiger partial charge on any atom is -0.437 e. The number of azide groups is 1. The number of hydrogen-bond acceptors (Lipinski definition) is 4. The summed E-state index contributed by atoms with van der Waals surface area (Å²) in [4.78, 5) is 23.6. The monoisotopic (exact) mass is 171 g/mol. The average Bonchev–Trinajstić information content (AvgIpc) is 2.37. The van der Waals surface area contributed by atoms with Crippen LogP contribution in [-0.2, 0) is 19.1 Å². The van der Waals surface area contributed by atoms with Gasteiger partial charge in [0.05, 0.1) is 6.42 Å². The molecule has 1 heterocycles. The van der Waals surface area contributed by atoms with E-state index in [4.69, 9.17) is 10.3 Å². The molecule has 1 fully saturated rings. The molecule has 1 aliphatic rings. The number of carbonyl (C=O) groups excluding carboxylic acids is 2. The van der Waals surface area contributed by atoms with Crippen LogP contribution < -0.4 is 0 Å². The molecule has 0 aromatic carbocycles. The van der Waals surface area contributed by atoms with Crippen molar-refractivity contribution in [1.29, 1.82) is 0 Å². The third-order valence-electron chi connectivity index (χ3n) is 1.25. The van der Waals surface area contributed by atoms with E-state index in [1.807, 2.05) is 0 Å². The fourth-order valence-electron chi connectivity index (χ4n) is 0.727. The Morgan fingerprint density at radius 1 is 1.83 bits per heavy atom. The zero-order valence-electron chi connectivity index (χ0n) is 5.97. The highest BCUT2D eigenvalue weighted by atomic mass is 16.7. The van der Waals surface area contributed by atoms with Gasteiger partial charge < -0.3 is 9.47 Å². The van der Waals surface area contributed by atoms with Crippen molar-refractivity contribution in [2.24, 2.45) is 5.11 Å². The van der Waals surface area contributed by atoms with Crippen LogP contribution in [-0.4, -0.2) is 24.8 Å². The SMILES string of the molecule is [N-]=[N+]=NC(=O)CC1OCOC1=O. The van der Waals surface area contributed by atoms with Crippen molar-refractivity contribution in [2.75, 3.05) is 6.79 Å². The van der Waals surface area contributed by atoms with Crippen LogP contribution >= 0.6 is 0 Å². The van der Waals surface area contributed by atoms with Crippen LogP contribution in [0.2, 0.25) is 0 Å². The van der Waals surface area contributed by atoms with Crippen LogP contribution in [0, 0.1) is 0 Å². The van der Waals surface area contributed by atoms with Crippen molar-refractivity contribution in [3.8, 4) is 0 Å². The summed E-state index contributed by atoms with van der Waals surface area (Å²) in [5.41, 5.74) is 7.86. The van der Waals surface area contributed by atoms with E-state index in [9.17, 15) is 9.59 Å². The first kappa shape index (κ1) is 8.51. The summed E-state index contributed by atoms with van der Waals surface area (Å²) < 4.78 is 9.10. The molecule has 0 aromatic rings. The second-order valence-corrected chi connectivity index (χ2v) is 2.02. The summed E-state index contributed by atoms with van der Waals surface area (Å²) >= 11 is 0. The maximum atomic E-state index is 10.7. The van der Waals surface area contributed by atoms with Crippen molar-refractivity contribution in [2.45, 2.75) is 12.5 Å². The molecule has 1 rings (SSSR count). The van der Waals surface area contributed by atoms with E-state index in [2.05, 4.69) is 14.8 Å². The van der Waals surface area contributed by atoms with Gasteiger partial charge in [-0.2, -0.15) is 0 Å². The fourth-order valence-corrected chi connectivity index (χ4v) is 0.727. The van der Waals surface area contributed by atoms with E-state index in [1.54, 1.807) is 0 Å². The van der Waals surface area contributed by atoms with Crippen LogP contribution in [0.1, 0.15) is 6.42 Å². The third-order valence-corrected chi connectivity index (χ3v) is 1.25. The Hall–Kier alpha value is -1.59. The lowest BCUT2D eigenvalue weighted by Crippen LogP contribution is -2.19. The molecule has 0 aromatic heterocycles. The van der Waals surface area contributed by atoms with Crippen LogP contribution in [0.4, 0.5) is 0 Å². The summed E-state index contributed by atoms with van der Waals surface area (Å²) in [5.74, 6) is -1.34. The van der Waals surface area contributed by atoms with Crippen LogP contribution in [0.3, 0.4) is 0 Å². The van der Waals surface area contributed by atoms with E-state index in [0.29, 0.717) is 0 Å². The summed E-state index contributed by atoms with van der Waals surface area (Å²) in [6.07, 6.45) is -1.17. The molecule has 0 radical (unpaired) electrons. The van der Waals surface area contributed by atoms with E-state index in [0.717, 1.165) is 0 Å². The number of nitrogens with zero attached hydrogens (tertiary/aromatic N) is 3. The quantitative estimate of drug-likeness (QED) is 0.254. The lowest BCUT2D eigenvalue weighted by atomic mass is 10.2. The van der Waals surface area contributed by atoms with Gasteiger partial charge in [-0.05, 0) is 10.6 Å². The highest BCUT2D eigenvalue weighted by Crippen LogP contribution is 2.09.